The van der Waals surface area contributed by atoms with E-state index in [1.54, 1.807) is 23.7 Å². The first-order chi connectivity index (χ1) is 16.7. The van der Waals surface area contributed by atoms with Crippen LogP contribution in [-0.2, 0) is 13.1 Å². The highest BCUT2D eigenvalue weighted by molar-refractivity contribution is 7.09. The van der Waals surface area contributed by atoms with E-state index in [0.29, 0.717) is 24.1 Å². The maximum atomic E-state index is 13.8. The SMILES string of the molecule is NC1CCCN(c2nc3cnn(Cc4nccc5ccccc45)c(=O)c3n2Cc2cccs2)C1. The van der Waals surface area contributed by atoms with Crippen LogP contribution in [0.25, 0.3) is 21.8 Å². The smallest absolute Gasteiger partial charge is 0.293 e. The number of nitrogens with zero attached hydrogens (tertiary/aromatic N) is 6. The van der Waals surface area contributed by atoms with Crippen molar-refractivity contribution >= 4 is 39.1 Å². The molecule has 1 atom stereocenters. The van der Waals surface area contributed by atoms with Crippen LogP contribution in [0, 0.1) is 0 Å². The molecule has 0 spiro atoms. The lowest BCUT2D eigenvalue weighted by molar-refractivity contribution is 0.495. The minimum atomic E-state index is -0.163. The number of benzene rings is 1. The van der Waals surface area contributed by atoms with Gasteiger partial charge in [0.05, 0.1) is 25.0 Å². The van der Waals surface area contributed by atoms with Gasteiger partial charge in [-0.2, -0.15) is 5.10 Å². The molecule has 0 radical (unpaired) electrons. The molecule has 4 aromatic heterocycles. The first-order valence-electron chi connectivity index (χ1n) is 11.5. The number of hydrogen-bond donors (Lipinski definition) is 1. The topological polar surface area (TPSA) is 94.9 Å². The van der Waals surface area contributed by atoms with Crippen LogP contribution in [0.1, 0.15) is 23.4 Å². The summed E-state index contributed by atoms with van der Waals surface area (Å²) < 4.78 is 3.53. The second-order valence-electron chi connectivity index (χ2n) is 8.75. The summed E-state index contributed by atoms with van der Waals surface area (Å²) in [5, 5.41) is 8.63. The number of thiophene rings is 1. The van der Waals surface area contributed by atoms with E-state index < -0.39 is 0 Å². The number of hydrogen-bond acceptors (Lipinski definition) is 7. The van der Waals surface area contributed by atoms with E-state index in [2.05, 4.69) is 26.4 Å². The van der Waals surface area contributed by atoms with Crippen LogP contribution in [0.4, 0.5) is 5.95 Å². The second-order valence-corrected chi connectivity index (χ2v) is 9.78. The number of piperidine rings is 1. The number of imidazole rings is 1. The fourth-order valence-electron chi connectivity index (χ4n) is 4.78. The van der Waals surface area contributed by atoms with Crippen molar-refractivity contribution < 1.29 is 0 Å². The highest BCUT2D eigenvalue weighted by atomic mass is 32.1. The monoisotopic (exact) mass is 471 g/mol. The van der Waals surface area contributed by atoms with Crippen LogP contribution in [0.5, 0.6) is 0 Å². The quantitative estimate of drug-likeness (QED) is 0.423. The Labute approximate surface area is 200 Å². The summed E-state index contributed by atoms with van der Waals surface area (Å²) in [5.74, 6) is 0.790. The predicted molar refractivity (Wildman–Crippen MR) is 135 cm³/mol. The van der Waals surface area contributed by atoms with Gasteiger partial charge < -0.3 is 15.2 Å². The van der Waals surface area contributed by atoms with Gasteiger partial charge in [-0.15, -0.1) is 11.3 Å². The van der Waals surface area contributed by atoms with Crippen LogP contribution in [0.2, 0.25) is 0 Å². The van der Waals surface area contributed by atoms with Gasteiger partial charge in [0, 0.05) is 35.6 Å². The van der Waals surface area contributed by atoms with Gasteiger partial charge in [0.1, 0.15) is 11.0 Å². The van der Waals surface area contributed by atoms with E-state index in [1.165, 1.54) is 9.56 Å². The zero-order valence-corrected chi connectivity index (χ0v) is 19.5. The lowest BCUT2D eigenvalue weighted by Gasteiger charge is -2.31. The maximum Gasteiger partial charge on any atom is 0.293 e. The third kappa shape index (κ3) is 3.76. The van der Waals surface area contributed by atoms with Crippen molar-refractivity contribution in [2.75, 3.05) is 18.0 Å². The van der Waals surface area contributed by atoms with E-state index >= 15 is 0 Å². The van der Waals surface area contributed by atoms with Crippen LogP contribution >= 0.6 is 11.3 Å². The van der Waals surface area contributed by atoms with Gasteiger partial charge in [-0.05, 0) is 35.7 Å². The third-order valence-electron chi connectivity index (χ3n) is 6.42. The molecule has 172 valence electrons. The van der Waals surface area contributed by atoms with Crippen molar-refractivity contribution in [2.24, 2.45) is 5.73 Å². The Morgan fingerprint density at radius 2 is 2.03 bits per heavy atom. The Balaban J connectivity index is 1.48. The highest BCUT2D eigenvalue weighted by Crippen LogP contribution is 2.25. The van der Waals surface area contributed by atoms with Gasteiger partial charge in [0.2, 0.25) is 5.95 Å². The van der Waals surface area contributed by atoms with Crippen molar-refractivity contribution in [3.8, 4) is 0 Å². The molecule has 34 heavy (non-hydrogen) atoms. The van der Waals surface area contributed by atoms with E-state index in [1.807, 2.05) is 41.0 Å². The zero-order valence-electron chi connectivity index (χ0n) is 18.7. The average molecular weight is 472 g/mol. The van der Waals surface area contributed by atoms with Crippen LogP contribution in [-0.4, -0.2) is 43.4 Å². The lowest BCUT2D eigenvalue weighted by atomic mass is 10.1. The predicted octanol–water partition coefficient (Wildman–Crippen LogP) is 3.23. The number of nitrogens with two attached hydrogens (primary N) is 1. The maximum absolute atomic E-state index is 13.8. The Hall–Kier alpha value is -3.56. The number of aromatic nitrogens is 5. The van der Waals surface area contributed by atoms with E-state index in [-0.39, 0.29) is 11.6 Å². The molecule has 5 heterocycles. The molecule has 9 heteroatoms. The fourth-order valence-corrected chi connectivity index (χ4v) is 5.47. The van der Waals surface area contributed by atoms with Crippen molar-refractivity contribution in [2.45, 2.75) is 32.0 Å². The summed E-state index contributed by atoms with van der Waals surface area (Å²) in [5.41, 5.74) is 8.10. The molecule has 6 rings (SSSR count). The van der Waals surface area contributed by atoms with Gasteiger partial charge >= 0.3 is 0 Å². The van der Waals surface area contributed by atoms with Crippen LogP contribution in [0.15, 0.2) is 65.0 Å². The summed E-state index contributed by atoms with van der Waals surface area (Å²) >= 11 is 1.67. The molecule has 1 fully saturated rings. The third-order valence-corrected chi connectivity index (χ3v) is 7.28. The van der Waals surface area contributed by atoms with Gasteiger partial charge in [-0.1, -0.05) is 30.3 Å². The molecule has 8 nitrogen and oxygen atoms in total. The average Bonchev–Trinajstić information content (AvgIpc) is 3.50. The van der Waals surface area contributed by atoms with E-state index in [0.717, 1.165) is 48.3 Å². The molecule has 2 N–H and O–H groups in total. The molecule has 0 bridgehead atoms. The lowest BCUT2D eigenvalue weighted by Crippen LogP contribution is -2.44. The van der Waals surface area contributed by atoms with Gasteiger partial charge in [-0.3, -0.25) is 9.78 Å². The van der Waals surface area contributed by atoms with Crippen molar-refractivity contribution in [1.29, 1.82) is 0 Å². The number of fused-ring (bicyclic) bond motifs is 2. The van der Waals surface area contributed by atoms with Crippen LogP contribution < -0.4 is 16.2 Å². The highest BCUT2D eigenvalue weighted by Gasteiger charge is 2.25. The minimum Gasteiger partial charge on any atom is -0.341 e. The molecule has 5 aromatic rings. The Morgan fingerprint density at radius 1 is 1.12 bits per heavy atom. The number of pyridine rings is 1. The molecular weight excluding hydrogens is 446 g/mol. The fraction of sp³-hybridized carbons (Fsp3) is 0.280. The molecule has 0 amide bonds. The van der Waals surface area contributed by atoms with Gasteiger partial charge in [0.25, 0.3) is 5.56 Å². The van der Waals surface area contributed by atoms with Gasteiger partial charge in [0.15, 0.2) is 0 Å². The van der Waals surface area contributed by atoms with Crippen molar-refractivity contribution in [3.05, 3.63) is 81.2 Å². The first kappa shape index (κ1) is 21.0. The van der Waals surface area contributed by atoms with Crippen LogP contribution in [0.3, 0.4) is 0 Å². The van der Waals surface area contributed by atoms with Gasteiger partial charge in [-0.25, -0.2) is 9.67 Å². The number of rotatable bonds is 5. The number of anilines is 1. The first-order valence-corrected chi connectivity index (χ1v) is 12.4. The van der Waals surface area contributed by atoms with E-state index in [9.17, 15) is 4.79 Å². The molecule has 1 aromatic carbocycles. The Bertz CT molecular complexity index is 1520. The summed E-state index contributed by atoms with van der Waals surface area (Å²) in [6, 6.07) is 14.3. The Morgan fingerprint density at radius 3 is 2.88 bits per heavy atom. The summed E-state index contributed by atoms with van der Waals surface area (Å²) in [7, 11) is 0. The molecule has 1 aliphatic rings. The molecular formula is C25H25N7OS. The molecule has 1 aliphatic heterocycles. The molecule has 1 unspecified atom stereocenters. The summed E-state index contributed by atoms with van der Waals surface area (Å²) in [6.45, 7) is 2.49. The normalized spacial score (nSPS) is 16.5. The summed E-state index contributed by atoms with van der Waals surface area (Å²) in [4.78, 5) is 26.5. The van der Waals surface area contributed by atoms with E-state index in [4.69, 9.17) is 10.7 Å². The Kier molecular flexibility index (Phi) is 5.35. The zero-order chi connectivity index (χ0) is 23.1. The van der Waals surface area contributed by atoms with Crippen molar-refractivity contribution in [3.63, 3.8) is 0 Å². The minimum absolute atomic E-state index is 0.107. The molecule has 0 saturated carbocycles. The second kappa shape index (κ2) is 8.66. The largest absolute Gasteiger partial charge is 0.341 e. The van der Waals surface area contributed by atoms with Crippen molar-refractivity contribution in [1.82, 2.24) is 24.3 Å². The molecule has 0 aliphatic carbocycles. The standard InChI is InChI=1S/C25H25N7OS/c26-18-6-3-11-30(14-18)25-29-21-13-28-32(16-22-20-8-2-1-5-17(20)9-10-27-22)24(33)23(21)31(25)15-19-7-4-12-34-19/h1-2,4-5,7-10,12-13,18H,3,6,11,14-16,26H2. The summed E-state index contributed by atoms with van der Waals surface area (Å²) in [6.07, 6.45) is 5.49. The molecule has 1 saturated heterocycles.